The molecular weight excluding hydrogens is 352 g/mol. The van der Waals surface area contributed by atoms with E-state index in [4.69, 9.17) is 16.3 Å². The fourth-order valence-corrected chi connectivity index (χ4v) is 3.22. The van der Waals surface area contributed by atoms with Crippen molar-refractivity contribution >= 4 is 29.1 Å². The van der Waals surface area contributed by atoms with Crippen molar-refractivity contribution in [3.63, 3.8) is 0 Å². The first-order chi connectivity index (χ1) is 12.6. The SMILES string of the molecule is CCOc1ccc(N2C[C@H](C(=O)NCc3cccc(Cl)c3)CC2=O)cc1. The maximum atomic E-state index is 12.4. The lowest BCUT2D eigenvalue weighted by molar-refractivity contribution is -0.126. The Morgan fingerprint density at radius 3 is 2.73 bits per heavy atom. The molecule has 1 aliphatic rings. The summed E-state index contributed by atoms with van der Waals surface area (Å²) < 4.78 is 5.42. The van der Waals surface area contributed by atoms with Crippen LogP contribution in [0.3, 0.4) is 0 Å². The number of carbonyl (C=O) groups excluding carboxylic acids is 2. The van der Waals surface area contributed by atoms with Gasteiger partial charge >= 0.3 is 0 Å². The second kappa shape index (κ2) is 8.23. The Bertz CT molecular complexity index is 792. The molecule has 0 bridgehead atoms. The summed E-state index contributed by atoms with van der Waals surface area (Å²) in [6.07, 6.45) is 0.217. The van der Waals surface area contributed by atoms with Crippen molar-refractivity contribution < 1.29 is 14.3 Å². The van der Waals surface area contributed by atoms with Crippen molar-refractivity contribution in [3.8, 4) is 5.75 Å². The van der Waals surface area contributed by atoms with Gasteiger partial charge < -0.3 is 15.0 Å². The molecule has 6 heteroatoms. The number of hydrogen-bond acceptors (Lipinski definition) is 3. The maximum Gasteiger partial charge on any atom is 0.227 e. The number of nitrogens with zero attached hydrogens (tertiary/aromatic N) is 1. The van der Waals surface area contributed by atoms with E-state index >= 15 is 0 Å². The summed E-state index contributed by atoms with van der Waals surface area (Å²) in [5.74, 6) is 0.246. The Morgan fingerprint density at radius 2 is 2.04 bits per heavy atom. The predicted molar refractivity (Wildman–Crippen MR) is 101 cm³/mol. The minimum atomic E-state index is -0.353. The first-order valence-electron chi connectivity index (χ1n) is 8.62. The smallest absolute Gasteiger partial charge is 0.227 e. The van der Waals surface area contributed by atoms with E-state index in [9.17, 15) is 9.59 Å². The molecule has 0 radical (unpaired) electrons. The minimum Gasteiger partial charge on any atom is -0.494 e. The number of carbonyl (C=O) groups is 2. The molecule has 1 N–H and O–H groups in total. The van der Waals surface area contributed by atoms with E-state index in [0.29, 0.717) is 24.7 Å². The highest BCUT2D eigenvalue weighted by Gasteiger charge is 2.34. The molecule has 1 saturated heterocycles. The summed E-state index contributed by atoms with van der Waals surface area (Å²) in [5, 5.41) is 3.52. The van der Waals surface area contributed by atoms with Crippen LogP contribution in [0.4, 0.5) is 5.69 Å². The molecule has 2 aromatic rings. The van der Waals surface area contributed by atoms with Crippen LogP contribution >= 0.6 is 11.6 Å². The summed E-state index contributed by atoms with van der Waals surface area (Å²) in [6.45, 7) is 3.29. The Kier molecular flexibility index (Phi) is 5.78. The summed E-state index contributed by atoms with van der Waals surface area (Å²) in [6, 6.07) is 14.7. The molecule has 136 valence electrons. The third kappa shape index (κ3) is 4.35. The normalized spacial score (nSPS) is 16.6. The third-order valence-electron chi connectivity index (χ3n) is 4.31. The zero-order chi connectivity index (χ0) is 18.5. The summed E-state index contributed by atoms with van der Waals surface area (Å²) >= 11 is 5.95. The van der Waals surface area contributed by atoms with Crippen molar-refractivity contribution in [2.24, 2.45) is 5.92 Å². The van der Waals surface area contributed by atoms with E-state index in [2.05, 4.69) is 5.32 Å². The highest BCUT2D eigenvalue weighted by molar-refractivity contribution is 6.30. The van der Waals surface area contributed by atoms with Crippen molar-refractivity contribution in [1.29, 1.82) is 0 Å². The number of nitrogens with one attached hydrogen (secondary N) is 1. The van der Waals surface area contributed by atoms with Crippen molar-refractivity contribution in [1.82, 2.24) is 5.32 Å². The molecule has 1 heterocycles. The van der Waals surface area contributed by atoms with Crippen LogP contribution in [0.1, 0.15) is 18.9 Å². The number of anilines is 1. The van der Waals surface area contributed by atoms with Crippen LogP contribution < -0.4 is 15.0 Å². The molecule has 1 aliphatic heterocycles. The molecule has 0 aliphatic carbocycles. The average molecular weight is 373 g/mol. The molecule has 2 aromatic carbocycles. The molecule has 1 atom stereocenters. The predicted octanol–water partition coefficient (Wildman–Crippen LogP) is 3.41. The van der Waals surface area contributed by atoms with Gasteiger partial charge in [-0.1, -0.05) is 23.7 Å². The number of benzene rings is 2. The lowest BCUT2D eigenvalue weighted by Gasteiger charge is -2.17. The quantitative estimate of drug-likeness (QED) is 0.845. The van der Waals surface area contributed by atoms with Crippen LogP contribution in [0.15, 0.2) is 48.5 Å². The highest BCUT2D eigenvalue weighted by Crippen LogP contribution is 2.27. The monoisotopic (exact) mass is 372 g/mol. The van der Waals surface area contributed by atoms with Gasteiger partial charge in [-0.2, -0.15) is 0 Å². The van der Waals surface area contributed by atoms with Crippen molar-refractivity contribution in [2.45, 2.75) is 19.9 Å². The molecule has 2 amide bonds. The molecule has 1 fully saturated rings. The Balaban J connectivity index is 1.58. The third-order valence-corrected chi connectivity index (χ3v) is 4.55. The average Bonchev–Trinajstić information content (AvgIpc) is 3.03. The second-order valence-electron chi connectivity index (χ2n) is 6.18. The molecule has 26 heavy (non-hydrogen) atoms. The molecule has 0 unspecified atom stereocenters. The minimum absolute atomic E-state index is 0.0444. The Labute approximate surface area is 157 Å². The van der Waals surface area contributed by atoms with Crippen LogP contribution in [-0.2, 0) is 16.1 Å². The topological polar surface area (TPSA) is 58.6 Å². The summed E-state index contributed by atoms with van der Waals surface area (Å²) in [5.41, 5.74) is 1.71. The first-order valence-corrected chi connectivity index (χ1v) is 9.00. The Morgan fingerprint density at radius 1 is 1.27 bits per heavy atom. The van der Waals surface area contributed by atoms with Gasteiger partial charge in [0.1, 0.15) is 5.75 Å². The van der Waals surface area contributed by atoms with E-state index in [1.807, 2.05) is 49.4 Å². The van der Waals surface area contributed by atoms with Gasteiger partial charge in [-0.05, 0) is 48.9 Å². The van der Waals surface area contributed by atoms with Gasteiger partial charge in [-0.3, -0.25) is 9.59 Å². The number of halogens is 1. The van der Waals surface area contributed by atoms with Gasteiger partial charge in [0.05, 0.1) is 12.5 Å². The van der Waals surface area contributed by atoms with E-state index < -0.39 is 0 Å². The first kappa shape index (κ1) is 18.3. The molecule has 0 aromatic heterocycles. The zero-order valence-corrected chi connectivity index (χ0v) is 15.3. The zero-order valence-electron chi connectivity index (χ0n) is 14.6. The van der Waals surface area contributed by atoms with Crippen molar-refractivity contribution in [3.05, 3.63) is 59.1 Å². The summed E-state index contributed by atoms with van der Waals surface area (Å²) in [7, 11) is 0. The molecule has 0 saturated carbocycles. The van der Waals surface area contributed by atoms with Gasteiger partial charge in [0.2, 0.25) is 11.8 Å². The van der Waals surface area contributed by atoms with Crippen molar-refractivity contribution in [2.75, 3.05) is 18.1 Å². The lowest BCUT2D eigenvalue weighted by atomic mass is 10.1. The van der Waals surface area contributed by atoms with E-state index in [-0.39, 0.29) is 24.2 Å². The maximum absolute atomic E-state index is 12.4. The number of rotatable bonds is 6. The fourth-order valence-electron chi connectivity index (χ4n) is 3.00. The number of amides is 2. The second-order valence-corrected chi connectivity index (χ2v) is 6.62. The van der Waals surface area contributed by atoms with E-state index in [1.165, 1.54) is 0 Å². The Hall–Kier alpha value is -2.53. The standard InChI is InChI=1S/C20H21ClN2O3/c1-2-26-18-8-6-17(7-9-18)23-13-15(11-19(23)24)20(25)22-12-14-4-3-5-16(21)10-14/h3-10,15H,2,11-13H2,1H3,(H,22,25)/t15-/m1/s1. The van der Waals surface area contributed by atoms with Gasteiger partial charge in [0.25, 0.3) is 0 Å². The van der Waals surface area contributed by atoms with Crippen LogP contribution in [0.2, 0.25) is 5.02 Å². The van der Waals surface area contributed by atoms with Crippen LogP contribution in [-0.4, -0.2) is 25.0 Å². The van der Waals surface area contributed by atoms with Gasteiger partial charge in [-0.15, -0.1) is 0 Å². The molecule has 3 rings (SSSR count). The van der Waals surface area contributed by atoms with E-state index in [0.717, 1.165) is 17.0 Å². The fraction of sp³-hybridized carbons (Fsp3) is 0.300. The lowest BCUT2D eigenvalue weighted by Crippen LogP contribution is -2.32. The summed E-state index contributed by atoms with van der Waals surface area (Å²) in [4.78, 5) is 26.4. The molecular formula is C20H21ClN2O3. The van der Waals surface area contributed by atoms with Gasteiger partial charge in [0.15, 0.2) is 0 Å². The van der Waals surface area contributed by atoms with Crippen LogP contribution in [0, 0.1) is 5.92 Å². The highest BCUT2D eigenvalue weighted by atomic mass is 35.5. The largest absolute Gasteiger partial charge is 0.494 e. The molecule has 0 spiro atoms. The van der Waals surface area contributed by atoms with E-state index in [1.54, 1.807) is 11.0 Å². The molecule has 5 nitrogen and oxygen atoms in total. The van der Waals surface area contributed by atoms with Crippen LogP contribution in [0.25, 0.3) is 0 Å². The van der Waals surface area contributed by atoms with Gasteiger partial charge in [-0.25, -0.2) is 0 Å². The van der Waals surface area contributed by atoms with Crippen LogP contribution in [0.5, 0.6) is 5.75 Å². The number of ether oxygens (including phenoxy) is 1. The number of hydrogen-bond donors (Lipinski definition) is 1. The van der Waals surface area contributed by atoms with Gasteiger partial charge in [0, 0.05) is 30.2 Å².